The number of carboxylic acids is 1. The summed E-state index contributed by atoms with van der Waals surface area (Å²) in [5, 5.41) is 11.0. The van der Waals surface area contributed by atoms with Crippen molar-refractivity contribution in [1.29, 1.82) is 0 Å². The van der Waals surface area contributed by atoms with Gasteiger partial charge in [0.15, 0.2) is 0 Å². The Morgan fingerprint density at radius 3 is 2.20 bits per heavy atom. The predicted molar refractivity (Wildman–Crippen MR) is 83.3 cm³/mol. The van der Waals surface area contributed by atoms with Crippen molar-refractivity contribution in [1.82, 2.24) is 9.88 Å². The van der Waals surface area contributed by atoms with Crippen molar-refractivity contribution in [3.63, 3.8) is 0 Å². The van der Waals surface area contributed by atoms with Gasteiger partial charge in [0, 0.05) is 11.9 Å². The minimum absolute atomic E-state index is 0.188. The molecule has 0 aliphatic carbocycles. The van der Waals surface area contributed by atoms with Gasteiger partial charge in [-0.3, -0.25) is 4.90 Å². The van der Waals surface area contributed by atoms with Crippen molar-refractivity contribution in [2.75, 3.05) is 13.1 Å². The Morgan fingerprint density at radius 2 is 1.80 bits per heavy atom. The van der Waals surface area contributed by atoms with Crippen LogP contribution in [-0.2, 0) is 6.54 Å². The fourth-order valence-electron chi connectivity index (χ4n) is 1.86. The molecule has 1 heterocycles. The van der Waals surface area contributed by atoms with Crippen LogP contribution in [0.2, 0.25) is 0 Å². The highest BCUT2D eigenvalue weighted by atomic mass is 32.1. The highest BCUT2D eigenvalue weighted by Gasteiger charge is 2.13. The quantitative estimate of drug-likeness (QED) is 0.754. The standard InChI is InChI=1S/C15H26N2O2S/c1-11(2)5-7-17(8-6-12(3)4)9-13-10-20-14(16-13)15(18)19/h10-12H,5-9H2,1-4H3,(H,18,19). The molecule has 0 aliphatic rings. The van der Waals surface area contributed by atoms with E-state index in [4.69, 9.17) is 5.11 Å². The number of nitrogens with zero attached hydrogens (tertiary/aromatic N) is 2. The lowest BCUT2D eigenvalue weighted by Gasteiger charge is -2.23. The predicted octanol–water partition coefficient (Wildman–Crippen LogP) is 3.74. The molecule has 5 heteroatoms. The molecule has 0 saturated carbocycles. The summed E-state index contributed by atoms with van der Waals surface area (Å²) in [4.78, 5) is 17.4. The van der Waals surface area contributed by atoms with E-state index >= 15 is 0 Å². The molecule has 0 amide bonds. The van der Waals surface area contributed by atoms with Gasteiger partial charge in [-0.2, -0.15) is 0 Å². The molecule has 0 unspecified atom stereocenters. The monoisotopic (exact) mass is 298 g/mol. The molecule has 0 bridgehead atoms. The van der Waals surface area contributed by atoms with Gasteiger partial charge in [-0.15, -0.1) is 11.3 Å². The van der Waals surface area contributed by atoms with Crippen molar-refractivity contribution in [3.05, 3.63) is 16.1 Å². The van der Waals surface area contributed by atoms with E-state index in [1.54, 1.807) is 0 Å². The van der Waals surface area contributed by atoms with E-state index in [2.05, 4.69) is 37.6 Å². The smallest absolute Gasteiger partial charge is 0.365 e. The topological polar surface area (TPSA) is 53.4 Å². The molecule has 1 aromatic heterocycles. The molecule has 0 aliphatic heterocycles. The maximum Gasteiger partial charge on any atom is 0.365 e. The van der Waals surface area contributed by atoms with Crippen LogP contribution in [0.3, 0.4) is 0 Å². The van der Waals surface area contributed by atoms with Crippen molar-refractivity contribution in [2.24, 2.45) is 11.8 Å². The van der Waals surface area contributed by atoms with Crippen LogP contribution in [0.1, 0.15) is 56.0 Å². The van der Waals surface area contributed by atoms with Crippen LogP contribution >= 0.6 is 11.3 Å². The van der Waals surface area contributed by atoms with Gasteiger partial charge in [0.2, 0.25) is 5.01 Å². The first-order valence-electron chi connectivity index (χ1n) is 7.28. The zero-order valence-electron chi connectivity index (χ0n) is 12.9. The zero-order chi connectivity index (χ0) is 15.1. The molecule has 20 heavy (non-hydrogen) atoms. The first-order chi connectivity index (χ1) is 9.38. The van der Waals surface area contributed by atoms with Gasteiger partial charge in [-0.1, -0.05) is 27.7 Å². The minimum atomic E-state index is -0.933. The minimum Gasteiger partial charge on any atom is -0.476 e. The highest BCUT2D eigenvalue weighted by molar-refractivity contribution is 7.11. The van der Waals surface area contributed by atoms with Crippen molar-refractivity contribution in [2.45, 2.75) is 47.1 Å². The number of carboxylic acid groups (broad SMARTS) is 1. The third-order valence-electron chi connectivity index (χ3n) is 3.17. The van der Waals surface area contributed by atoms with Gasteiger partial charge < -0.3 is 5.11 Å². The molecular weight excluding hydrogens is 272 g/mol. The maximum absolute atomic E-state index is 10.9. The van der Waals surface area contributed by atoms with Gasteiger partial charge in [0.05, 0.1) is 5.69 Å². The number of hydrogen-bond donors (Lipinski definition) is 1. The molecule has 0 atom stereocenters. The van der Waals surface area contributed by atoms with Crippen molar-refractivity contribution >= 4 is 17.3 Å². The number of aromatic nitrogens is 1. The molecule has 0 aromatic carbocycles. The maximum atomic E-state index is 10.9. The fraction of sp³-hybridized carbons (Fsp3) is 0.733. The van der Waals surface area contributed by atoms with Gasteiger partial charge in [-0.05, 0) is 37.8 Å². The second kappa shape index (κ2) is 8.37. The van der Waals surface area contributed by atoms with Gasteiger partial charge in [0.25, 0.3) is 0 Å². The Bertz CT molecular complexity index is 404. The van der Waals surface area contributed by atoms with Crippen molar-refractivity contribution < 1.29 is 9.90 Å². The summed E-state index contributed by atoms with van der Waals surface area (Å²) in [6.45, 7) is 11.8. The van der Waals surface area contributed by atoms with E-state index in [9.17, 15) is 4.79 Å². The number of thiazole rings is 1. The lowest BCUT2D eigenvalue weighted by Crippen LogP contribution is -2.27. The summed E-state index contributed by atoms with van der Waals surface area (Å²) < 4.78 is 0. The summed E-state index contributed by atoms with van der Waals surface area (Å²) in [6, 6.07) is 0. The fourth-order valence-corrected chi connectivity index (χ4v) is 2.50. The number of hydrogen-bond acceptors (Lipinski definition) is 4. The van der Waals surface area contributed by atoms with Gasteiger partial charge >= 0.3 is 5.97 Å². The van der Waals surface area contributed by atoms with E-state index in [0.717, 1.165) is 38.2 Å². The highest BCUT2D eigenvalue weighted by Crippen LogP contribution is 2.14. The summed E-state index contributed by atoms with van der Waals surface area (Å²) in [7, 11) is 0. The number of rotatable bonds is 9. The second-order valence-corrected chi connectivity index (χ2v) is 6.95. The Labute approximate surface area is 125 Å². The number of aromatic carboxylic acids is 1. The third-order valence-corrected chi connectivity index (χ3v) is 4.04. The first kappa shape index (κ1) is 17.1. The second-order valence-electron chi connectivity index (χ2n) is 6.09. The van der Waals surface area contributed by atoms with Gasteiger partial charge in [0.1, 0.15) is 0 Å². The lowest BCUT2D eigenvalue weighted by molar-refractivity contribution is 0.0696. The molecule has 1 aromatic rings. The molecule has 1 rings (SSSR count). The van der Waals surface area contributed by atoms with Crippen LogP contribution < -0.4 is 0 Å². The number of carbonyl (C=O) groups is 1. The SMILES string of the molecule is CC(C)CCN(CCC(C)C)Cc1csc(C(=O)O)n1. The van der Waals surface area contributed by atoms with E-state index in [1.807, 2.05) is 5.38 Å². The average Bonchev–Trinajstić information content (AvgIpc) is 2.81. The van der Waals surface area contributed by atoms with Crippen molar-refractivity contribution in [3.8, 4) is 0 Å². The largest absolute Gasteiger partial charge is 0.476 e. The Hall–Kier alpha value is -0.940. The zero-order valence-corrected chi connectivity index (χ0v) is 13.7. The van der Waals surface area contributed by atoms with Crippen LogP contribution in [0.15, 0.2) is 5.38 Å². The van der Waals surface area contributed by atoms with E-state index in [0.29, 0.717) is 11.8 Å². The van der Waals surface area contributed by atoms with E-state index in [-0.39, 0.29) is 5.01 Å². The molecule has 0 spiro atoms. The van der Waals surface area contributed by atoms with Crippen LogP contribution in [0, 0.1) is 11.8 Å². The molecule has 0 fully saturated rings. The average molecular weight is 298 g/mol. The molecule has 0 radical (unpaired) electrons. The van der Waals surface area contributed by atoms with E-state index in [1.165, 1.54) is 11.3 Å². The van der Waals surface area contributed by atoms with Crippen LogP contribution in [0.25, 0.3) is 0 Å². The van der Waals surface area contributed by atoms with Gasteiger partial charge in [-0.25, -0.2) is 9.78 Å². The van der Waals surface area contributed by atoms with Crippen LogP contribution in [-0.4, -0.2) is 34.0 Å². The molecule has 0 saturated heterocycles. The third kappa shape index (κ3) is 6.48. The normalized spacial score (nSPS) is 11.8. The Kier molecular flexibility index (Phi) is 7.16. The Morgan fingerprint density at radius 1 is 1.25 bits per heavy atom. The molecule has 1 N–H and O–H groups in total. The first-order valence-corrected chi connectivity index (χ1v) is 8.16. The Balaban J connectivity index is 2.58. The molecular formula is C15H26N2O2S. The van der Waals surface area contributed by atoms with E-state index < -0.39 is 5.97 Å². The molecule has 4 nitrogen and oxygen atoms in total. The summed E-state index contributed by atoms with van der Waals surface area (Å²) in [5.41, 5.74) is 0.875. The summed E-state index contributed by atoms with van der Waals surface area (Å²) >= 11 is 1.21. The van der Waals surface area contributed by atoms with Crippen LogP contribution in [0.4, 0.5) is 0 Å². The summed E-state index contributed by atoms with van der Waals surface area (Å²) in [6.07, 6.45) is 2.32. The lowest BCUT2D eigenvalue weighted by atomic mass is 10.1. The summed E-state index contributed by atoms with van der Waals surface area (Å²) in [5.74, 6) is 0.431. The molecule has 114 valence electrons. The van der Waals surface area contributed by atoms with Crippen LogP contribution in [0.5, 0.6) is 0 Å².